The van der Waals surface area contributed by atoms with E-state index >= 15 is 0 Å². The van der Waals surface area contributed by atoms with Gasteiger partial charge >= 0.3 is 0 Å². The second-order valence-electron chi connectivity index (χ2n) is 8.09. The number of nitrogens with one attached hydrogen (secondary N) is 1. The van der Waals surface area contributed by atoms with Gasteiger partial charge in [-0.3, -0.25) is 4.79 Å². The van der Waals surface area contributed by atoms with Crippen LogP contribution in [0.4, 0.5) is 5.69 Å². The topological polar surface area (TPSA) is 71.0 Å². The molecule has 1 fully saturated rings. The molecule has 2 heterocycles. The number of ether oxygens (including phenoxy) is 2. The summed E-state index contributed by atoms with van der Waals surface area (Å²) in [5, 5.41) is 16.2. The number of aliphatic hydroxyl groups excluding tert-OH is 1. The van der Waals surface area contributed by atoms with E-state index in [0.717, 1.165) is 25.9 Å². The van der Waals surface area contributed by atoms with Gasteiger partial charge in [-0.05, 0) is 48.6 Å². The number of β-amino-alcohol motifs (C(OH)–C–C–N with tert-alkyl or cyclic N) is 1. The number of para-hydroxylation sites is 2. The minimum atomic E-state index is -0.659. The van der Waals surface area contributed by atoms with Crippen LogP contribution in [0.1, 0.15) is 22.5 Å². The molecule has 1 saturated heterocycles. The largest absolute Gasteiger partial charge is 0.490 e. The molecule has 2 aromatic carbocycles. The van der Waals surface area contributed by atoms with Crippen molar-refractivity contribution in [2.24, 2.45) is 0 Å². The first kappa shape index (κ1) is 24.8. The Balaban J connectivity index is 1.22. The van der Waals surface area contributed by atoms with E-state index in [-0.39, 0.29) is 18.6 Å². The van der Waals surface area contributed by atoms with Crippen molar-refractivity contribution in [3.8, 4) is 11.5 Å². The summed E-state index contributed by atoms with van der Waals surface area (Å²) in [6.45, 7) is 2.27. The number of nitrogens with zero attached hydrogens (tertiary/aromatic N) is 1. The Labute approximate surface area is 213 Å². The molecule has 1 aliphatic heterocycles. The third-order valence-corrected chi connectivity index (χ3v) is 7.12. The van der Waals surface area contributed by atoms with Crippen molar-refractivity contribution in [2.75, 3.05) is 31.6 Å². The molecule has 3 aromatic rings. The maximum absolute atomic E-state index is 12.4. The molecule has 34 heavy (non-hydrogen) atoms. The number of likely N-dealkylation sites (tertiary alicyclic amines) is 1. The fourth-order valence-corrected chi connectivity index (χ4v) is 4.68. The first-order chi connectivity index (χ1) is 16.5. The monoisotopic (exact) mass is 520 g/mol. The lowest BCUT2D eigenvalue weighted by molar-refractivity contribution is 0.0403. The minimum Gasteiger partial charge on any atom is -0.490 e. The van der Waals surface area contributed by atoms with Gasteiger partial charge < -0.3 is 24.8 Å². The molecule has 0 radical (unpaired) electrons. The van der Waals surface area contributed by atoms with E-state index in [0.29, 0.717) is 38.7 Å². The lowest BCUT2D eigenvalue weighted by Crippen LogP contribution is -2.43. The van der Waals surface area contributed by atoms with Crippen LogP contribution >= 0.6 is 34.5 Å². The van der Waals surface area contributed by atoms with E-state index in [9.17, 15) is 9.90 Å². The number of hydrogen-bond donors (Lipinski definition) is 2. The Bertz CT molecular complexity index is 1090. The van der Waals surface area contributed by atoms with Gasteiger partial charge in [-0.15, -0.1) is 11.3 Å². The average molecular weight is 521 g/mol. The van der Waals surface area contributed by atoms with Gasteiger partial charge in [0.15, 0.2) is 0 Å². The van der Waals surface area contributed by atoms with Gasteiger partial charge in [0.05, 0.1) is 20.6 Å². The van der Waals surface area contributed by atoms with Crippen molar-refractivity contribution in [3.63, 3.8) is 0 Å². The quantitative estimate of drug-likeness (QED) is 0.384. The molecular formula is C25H26Cl2N2O4S. The van der Waals surface area contributed by atoms with E-state index in [1.165, 1.54) is 11.3 Å². The molecule has 4 rings (SSSR count). The van der Waals surface area contributed by atoms with Crippen LogP contribution in [-0.2, 0) is 0 Å². The highest BCUT2D eigenvalue weighted by molar-refractivity contribution is 7.12. The molecule has 0 bridgehead atoms. The predicted molar refractivity (Wildman–Crippen MR) is 137 cm³/mol. The summed E-state index contributed by atoms with van der Waals surface area (Å²) in [5.74, 6) is 1.06. The predicted octanol–water partition coefficient (Wildman–Crippen LogP) is 5.59. The van der Waals surface area contributed by atoms with Gasteiger partial charge in [0.1, 0.15) is 30.3 Å². The Morgan fingerprint density at radius 2 is 1.91 bits per heavy atom. The van der Waals surface area contributed by atoms with E-state index in [1.54, 1.807) is 30.3 Å². The number of piperidine rings is 1. The number of aliphatic hydroxyl groups is 1. The summed E-state index contributed by atoms with van der Waals surface area (Å²) in [6.07, 6.45) is 1.14. The van der Waals surface area contributed by atoms with Gasteiger partial charge in [-0.25, -0.2) is 0 Å². The second kappa shape index (κ2) is 11.9. The van der Waals surface area contributed by atoms with Crippen molar-refractivity contribution < 1.29 is 19.4 Å². The second-order valence-corrected chi connectivity index (χ2v) is 9.85. The van der Waals surface area contributed by atoms with Gasteiger partial charge in [-0.2, -0.15) is 0 Å². The van der Waals surface area contributed by atoms with Gasteiger partial charge in [-0.1, -0.05) is 41.4 Å². The highest BCUT2D eigenvalue weighted by Crippen LogP contribution is 2.28. The number of rotatable bonds is 9. The van der Waals surface area contributed by atoms with Crippen LogP contribution in [0.2, 0.25) is 10.0 Å². The molecule has 0 aliphatic carbocycles. The number of carbonyl (C=O) groups is 1. The average Bonchev–Trinajstić information content (AvgIpc) is 3.37. The minimum absolute atomic E-state index is 0.0979. The highest BCUT2D eigenvalue weighted by Gasteiger charge is 2.23. The Kier molecular flexibility index (Phi) is 8.69. The van der Waals surface area contributed by atoms with E-state index in [4.69, 9.17) is 32.7 Å². The van der Waals surface area contributed by atoms with Crippen LogP contribution in [0.3, 0.4) is 0 Å². The zero-order valence-electron chi connectivity index (χ0n) is 18.5. The number of amides is 1. The number of hydrogen-bond acceptors (Lipinski definition) is 6. The van der Waals surface area contributed by atoms with Crippen LogP contribution < -0.4 is 14.8 Å². The maximum Gasteiger partial charge on any atom is 0.265 e. The van der Waals surface area contributed by atoms with Crippen molar-refractivity contribution in [1.29, 1.82) is 0 Å². The first-order valence-electron chi connectivity index (χ1n) is 11.1. The third kappa shape index (κ3) is 6.87. The molecular weight excluding hydrogens is 495 g/mol. The van der Waals surface area contributed by atoms with Crippen molar-refractivity contribution >= 4 is 46.1 Å². The summed E-state index contributed by atoms with van der Waals surface area (Å²) in [4.78, 5) is 15.2. The van der Waals surface area contributed by atoms with E-state index in [1.807, 2.05) is 29.6 Å². The molecule has 1 aromatic heterocycles. The summed E-state index contributed by atoms with van der Waals surface area (Å²) in [7, 11) is 0. The molecule has 1 aliphatic rings. The summed E-state index contributed by atoms with van der Waals surface area (Å²) >= 11 is 13.4. The van der Waals surface area contributed by atoms with Crippen molar-refractivity contribution in [3.05, 3.63) is 74.9 Å². The molecule has 1 unspecified atom stereocenters. The van der Waals surface area contributed by atoms with Gasteiger partial charge in [0, 0.05) is 25.7 Å². The number of benzene rings is 2. The Morgan fingerprint density at radius 3 is 2.65 bits per heavy atom. The number of anilines is 1. The Morgan fingerprint density at radius 1 is 1.12 bits per heavy atom. The third-order valence-electron chi connectivity index (χ3n) is 5.51. The SMILES string of the molecule is O=C(Nc1ccccc1OCC(O)CN1CCC(Oc2ccc(Cl)c(Cl)c2)CC1)c1cccs1. The van der Waals surface area contributed by atoms with E-state index in [2.05, 4.69) is 10.2 Å². The summed E-state index contributed by atoms with van der Waals surface area (Å²) in [6, 6.07) is 16.1. The fraction of sp³-hybridized carbons (Fsp3) is 0.320. The van der Waals surface area contributed by atoms with Crippen LogP contribution in [0.15, 0.2) is 60.0 Å². The van der Waals surface area contributed by atoms with E-state index < -0.39 is 6.10 Å². The molecule has 0 saturated carbocycles. The fourth-order valence-electron chi connectivity index (χ4n) is 3.78. The van der Waals surface area contributed by atoms with Crippen LogP contribution in [0, 0.1) is 0 Å². The smallest absolute Gasteiger partial charge is 0.265 e. The van der Waals surface area contributed by atoms with Crippen LogP contribution in [0.5, 0.6) is 11.5 Å². The number of halogens is 2. The molecule has 180 valence electrons. The molecule has 1 amide bonds. The zero-order chi connectivity index (χ0) is 23.9. The standard InChI is InChI=1S/C25H26Cl2N2O4S/c26-20-8-7-19(14-21(20)27)33-18-9-11-29(12-10-18)15-17(30)16-32-23-5-2-1-4-22(23)28-25(31)24-6-3-13-34-24/h1-8,13-14,17-18,30H,9-12,15-16H2,(H,28,31). The lowest BCUT2D eigenvalue weighted by atomic mass is 10.1. The molecule has 0 spiro atoms. The Hall–Kier alpha value is -2.29. The van der Waals surface area contributed by atoms with Crippen LogP contribution in [-0.4, -0.2) is 54.4 Å². The first-order valence-corrected chi connectivity index (χ1v) is 12.7. The number of carbonyl (C=O) groups excluding carboxylic acids is 1. The zero-order valence-corrected chi connectivity index (χ0v) is 20.8. The van der Waals surface area contributed by atoms with Gasteiger partial charge in [0.2, 0.25) is 0 Å². The molecule has 1 atom stereocenters. The summed E-state index contributed by atoms with van der Waals surface area (Å²) in [5.41, 5.74) is 0.577. The maximum atomic E-state index is 12.4. The molecule has 2 N–H and O–H groups in total. The summed E-state index contributed by atoms with van der Waals surface area (Å²) < 4.78 is 11.9. The van der Waals surface area contributed by atoms with Crippen molar-refractivity contribution in [1.82, 2.24) is 4.90 Å². The number of thiophene rings is 1. The van der Waals surface area contributed by atoms with Gasteiger partial charge in [0.25, 0.3) is 5.91 Å². The van der Waals surface area contributed by atoms with Crippen LogP contribution in [0.25, 0.3) is 0 Å². The normalized spacial score (nSPS) is 15.6. The lowest BCUT2D eigenvalue weighted by Gasteiger charge is -2.33. The molecule has 6 nitrogen and oxygen atoms in total. The highest BCUT2D eigenvalue weighted by atomic mass is 35.5. The molecule has 9 heteroatoms. The van der Waals surface area contributed by atoms with Crippen molar-refractivity contribution in [2.45, 2.75) is 25.0 Å².